The summed E-state index contributed by atoms with van der Waals surface area (Å²) in [6, 6.07) is 0. The number of carbonyl (C=O) groups is 1. The summed E-state index contributed by atoms with van der Waals surface area (Å²) in [5.74, 6) is 0.986. The molecule has 1 fully saturated rings. The molecule has 18 heavy (non-hydrogen) atoms. The van der Waals surface area contributed by atoms with E-state index in [1.54, 1.807) is 11.3 Å². The van der Waals surface area contributed by atoms with Crippen molar-refractivity contribution in [2.24, 2.45) is 5.92 Å². The van der Waals surface area contributed by atoms with Crippen LogP contribution in [0, 0.1) is 5.92 Å². The van der Waals surface area contributed by atoms with Gasteiger partial charge in [-0.3, -0.25) is 4.79 Å². The minimum atomic E-state index is 0.173. The Morgan fingerprint density at radius 3 is 3.28 bits per heavy atom. The third kappa shape index (κ3) is 4.07. The van der Waals surface area contributed by atoms with Crippen LogP contribution in [-0.2, 0) is 4.79 Å². The van der Waals surface area contributed by atoms with Crippen LogP contribution in [0.4, 0.5) is 0 Å². The van der Waals surface area contributed by atoms with Gasteiger partial charge < -0.3 is 10.6 Å². The standard InChI is InChI=1S/C13H21N3OS/c1-10(13-15-5-6-18-13)8-16-12(17)7-11-3-2-4-14-9-11/h5-6,10-11,14H,2-4,7-9H2,1H3,(H,16,17). The molecule has 1 aliphatic rings. The van der Waals surface area contributed by atoms with E-state index in [-0.39, 0.29) is 5.91 Å². The zero-order valence-electron chi connectivity index (χ0n) is 10.8. The summed E-state index contributed by atoms with van der Waals surface area (Å²) < 4.78 is 0. The number of piperidine rings is 1. The van der Waals surface area contributed by atoms with Crippen molar-refractivity contribution in [3.05, 3.63) is 16.6 Å². The predicted molar refractivity (Wildman–Crippen MR) is 73.7 cm³/mol. The van der Waals surface area contributed by atoms with Crippen molar-refractivity contribution in [3.63, 3.8) is 0 Å². The fourth-order valence-electron chi connectivity index (χ4n) is 2.26. The van der Waals surface area contributed by atoms with Crippen LogP contribution in [0.5, 0.6) is 0 Å². The lowest BCUT2D eigenvalue weighted by Crippen LogP contribution is -2.35. The number of thiazole rings is 1. The molecule has 2 heterocycles. The predicted octanol–water partition coefficient (Wildman–Crippen LogP) is 1.75. The zero-order valence-corrected chi connectivity index (χ0v) is 11.6. The Labute approximate surface area is 112 Å². The Kier molecular flexibility index (Phi) is 5.13. The SMILES string of the molecule is CC(CNC(=O)CC1CCCNC1)c1nccs1. The van der Waals surface area contributed by atoms with Crippen molar-refractivity contribution < 1.29 is 4.79 Å². The van der Waals surface area contributed by atoms with Crippen LogP contribution >= 0.6 is 11.3 Å². The minimum absolute atomic E-state index is 0.173. The number of carbonyl (C=O) groups excluding carboxylic acids is 1. The summed E-state index contributed by atoms with van der Waals surface area (Å²) >= 11 is 1.65. The highest BCUT2D eigenvalue weighted by Crippen LogP contribution is 2.17. The van der Waals surface area contributed by atoms with E-state index in [9.17, 15) is 4.79 Å². The molecule has 0 aromatic carbocycles. The van der Waals surface area contributed by atoms with Crippen molar-refractivity contribution in [1.82, 2.24) is 15.6 Å². The molecule has 0 saturated carbocycles. The Balaban J connectivity index is 1.68. The molecular weight excluding hydrogens is 246 g/mol. The molecular formula is C13H21N3OS. The molecule has 0 spiro atoms. The second kappa shape index (κ2) is 6.85. The van der Waals surface area contributed by atoms with Crippen LogP contribution in [0.1, 0.15) is 37.1 Å². The number of nitrogens with one attached hydrogen (secondary N) is 2. The van der Waals surface area contributed by atoms with E-state index in [1.165, 1.54) is 12.8 Å². The second-order valence-electron chi connectivity index (χ2n) is 4.99. The zero-order chi connectivity index (χ0) is 12.8. The molecule has 2 rings (SSSR count). The average molecular weight is 267 g/mol. The van der Waals surface area contributed by atoms with Crippen LogP contribution in [0.2, 0.25) is 0 Å². The van der Waals surface area contributed by atoms with Gasteiger partial charge in [-0.15, -0.1) is 11.3 Å². The van der Waals surface area contributed by atoms with E-state index in [4.69, 9.17) is 0 Å². The monoisotopic (exact) mass is 267 g/mol. The fourth-order valence-corrected chi connectivity index (χ4v) is 2.96. The lowest BCUT2D eigenvalue weighted by atomic mass is 9.96. The van der Waals surface area contributed by atoms with Crippen molar-refractivity contribution in [2.45, 2.75) is 32.1 Å². The van der Waals surface area contributed by atoms with Crippen LogP contribution < -0.4 is 10.6 Å². The second-order valence-corrected chi connectivity index (χ2v) is 5.92. The molecule has 5 heteroatoms. The normalized spacial score (nSPS) is 21.5. The number of nitrogens with zero attached hydrogens (tertiary/aromatic N) is 1. The van der Waals surface area contributed by atoms with E-state index in [0.717, 1.165) is 18.1 Å². The average Bonchev–Trinajstić information content (AvgIpc) is 2.91. The van der Waals surface area contributed by atoms with Crippen molar-refractivity contribution >= 4 is 17.2 Å². The van der Waals surface area contributed by atoms with Gasteiger partial charge in [0.05, 0.1) is 5.01 Å². The first-order valence-electron chi connectivity index (χ1n) is 6.62. The molecule has 1 aliphatic heterocycles. The van der Waals surface area contributed by atoms with Gasteiger partial charge in [-0.1, -0.05) is 6.92 Å². The van der Waals surface area contributed by atoms with Gasteiger partial charge in [0.15, 0.2) is 0 Å². The molecule has 100 valence electrons. The Morgan fingerprint density at radius 2 is 2.61 bits per heavy atom. The largest absolute Gasteiger partial charge is 0.355 e. The smallest absolute Gasteiger partial charge is 0.220 e. The maximum atomic E-state index is 11.8. The molecule has 2 atom stereocenters. The van der Waals surface area contributed by atoms with Gasteiger partial charge in [0, 0.05) is 30.5 Å². The number of hydrogen-bond acceptors (Lipinski definition) is 4. The Hall–Kier alpha value is -0.940. The lowest BCUT2D eigenvalue weighted by Gasteiger charge is -2.22. The van der Waals surface area contributed by atoms with E-state index >= 15 is 0 Å². The highest BCUT2D eigenvalue weighted by molar-refractivity contribution is 7.09. The van der Waals surface area contributed by atoms with Crippen LogP contribution in [0.3, 0.4) is 0 Å². The van der Waals surface area contributed by atoms with Crippen molar-refractivity contribution in [3.8, 4) is 0 Å². The molecule has 4 nitrogen and oxygen atoms in total. The van der Waals surface area contributed by atoms with Gasteiger partial charge in [0.2, 0.25) is 5.91 Å². The van der Waals surface area contributed by atoms with Gasteiger partial charge in [-0.2, -0.15) is 0 Å². The number of amides is 1. The van der Waals surface area contributed by atoms with Crippen LogP contribution in [-0.4, -0.2) is 30.5 Å². The number of hydrogen-bond donors (Lipinski definition) is 2. The first-order valence-corrected chi connectivity index (χ1v) is 7.50. The van der Waals surface area contributed by atoms with Gasteiger partial charge in [-0.25, -0.2) is 4.98 Å². The van der Waals surface area contributed by atoms with Crippen LogP contribution in [0.25, 0.3) is 0 Å². The summed E-state index contributed by atoms with van der Waals surface area (Å²) in [7, 11) is 0. The first-order chi connectivity index (χ1) is 8.75. The van der Waals surface area contributed by atoms with E-state index < -0.39 is 0 Å². The third-order valence-corrected chi connectivity index (χ3v) is 4.36. The van der Waals surface area contributed by atoms with Crippen molar-refractivity contribution in [1.29, 1.82) is 0 Å². The first kappa shape index (κ1) is 13.5. The summed E-state index contributed by atoms with van der Waals surface area (Å²) in [6.45, 7) is 4.86. The molecule has 0 aliphatic carbocycles. The van der Waals surface area contributed by atoms with Crippen LogP contribution in [0.15, 0.2) is 11.6 Å². The quantitative estimate of drug-likeness (QED) is 0.854. The summed E-state index contributed by atoms with van der Waals surface area (Å²) in [4.78, 5) is 16.1. The third-order valence-electron chi connectivity index (χ3n) is 3.35. The van der Waals surface area contributed by atoms with E-state index in [1.807, 2.05) is 11.6 Å². The summed E-state index contributed by atoms with van der Waals surface area (Å²) in [5, 5.41) is 9.42. The lowest BCUT2D eigenvalue weighted by molar-refractivity contribution is -0.122. The molecule has 0 radical (unpaired) electrons. The number of rotatable bonds is 5. The van der Waals surface area contributed by atoms with E-state index in [0.29, 0.717) is 24.8 Å². The maximum Gasteiger partial charge on any atom is 0.220 e. The molecule has 2 N–H and O–H groups in total. The van der Waals surface area contributed by atoms with Gasteiger partial charge in [-0.05, 0) is 31.8 Å². The van der Waals surface area contributed by atoms with Gasteiger partial charge in [0.1, 0.15) is 0 Å². The highest BCUT2D eigenvalue weighted by Gasteiger charge is 2.17. The molecule has 1 saturated heterocycles. The summed E-state index contributed by atoms with van der Waals surface area (Å²) in [5.41, 5.74) is 0. The Morgan fingerprint density at radius 1 is 1.72 bits per heavy atom. The number of aromatic nitrogens is 1. The fraction of sp³-hybridized carbons (Fsp3) is 0.692. The summed E-state index contributed by atoms with van der Waals surface area (Å²) in [6.07, 6.45) is 4.82. The minimum Gasteiger partial charge on any atom is -0.355 e. The maximum absolute atomic E-state index is 11.8. The van der Waals surface area contributed by atoms with Gasteiger partial charge in [0.25, 0.3) is 0 Å². The van der Waals surface area contributed by atoms with Crippen molar-refractivity contribution in [2.75, 3.05) is 19.6 Å². The molecule has 2 unspecified atom stereocenters. The molecule has 1 aromatic heterocycles. The molecule has 0 bridgehead atoms. The molecule has 1 aromatic rings. The molecule has 1 amide bonds. The van der Waals surface area contributed by atoms with Gasteiger partial charge >= 0.3 is 0 Å². The topological polar surface area (TPSA) is 54.0 Å². The highest BCUT2D eigenvalue weighted by atomic mass is 32.1. The van der Waals surface area contributed by atoms with E-state index in [2.05, 4.69) is 22.5 Å². The Bertz CT molecular complexity index is 360.